The van der Waals surface area contributed by atoms with Crippen molar-refractivity contribution in [1.82, 2.24) is 0 Å². The lowest BCUT2D eigenvalue weighted by Crippen LogP contribution is -2.21. The van der Waals surface area contributed by atoms with Gasteiger partial charge in [-0.3, -0.25) is 4.79 Å². The Morgan fingerprint density at radius 1 is 1.40 bits per heavy atom. The normalized spacial score (nSPS) is 9.73. The Bertz CT molecular complexity index is 399. The van der Waals surface area contributed by atoms with Crippen molar-refractivity contribution in [3.05, 3.63) is 29.3 Å². The molecule has 0 spiro atoms. The lowest BCUT2D eigenvalue weighted by atomic mass is 10.1. The molecule has 0 saturated carbocycles. The highest BCUT2D eigenvalue weighted by Gasteiger charge is 2.11. The van der Waals surface area contributed by atoms with E-state index in [-0.39, 0.29) is 0 Å². The molecular formula is C11H13NO3. The molecule has 0 aliphatic carbocycles. The number of aryl methyl sites for hydroxylation is 2. The molecule has 1 amide bonds. The molecular weight excluding hydrogens is 194 g/mol. The molecule has 0 aliphatic heterocycles. The molecule has 0 atom stereocenters. The van der Waals surface area contributed by atoms with E-state index in [1.54, 1.807) is 12.1 Å². The number of anilines is 1. The molecule has 0 radical (unpaired) electrons. The topological polar surface area (TPSA) is 66.4 Å². The molecule has 0 bridgehead atoms. The molecule has 4 nitrogen and oxygen atoms in total. The highest BCUT2D eigenvalue weighted by atomic mass is 16.4. The number of amides is 1. The van der Waals surface area contributed by atoms with Crippen LogP contribution >= 0.6 is 0 Å². The Morgan fingerprint density at radius 3 is 2.60 bits per heavy atom. The van der Waals surface area contributed by atoms with Crippen molar-refractivity contribution < 1.29 is 14.7 Å². The van der Waals surface area contributed by atoms with Crippen LogP contribution in [0.2, 0.25) is 0 Å². The third kappa shape index (κ3) is 2.80. The van der Waals surface area contributed by atoms with Gasteiger partial charge >= 0.3 is 11.9 Å². The monoisotopic (exact) mass is 207 g/mol. The van der Waals surface area contributed by atoms with Crippen LogP contribution in [-0.2, 0) is 16.0 Å². The first kappa shape index (κ1) is 11.2. The highest BCUT2D eigenvalue weighted by Crippen LogP contribution is 2.15. The first-order valence-electron chi connectivity index (χ1n) is 4.68. The lowest BCUT2D eigenvalue weighted by molar-refractivity contribution is -0.147. The highest BCUT2D eigenvalue weighted by molar-refractivity contribution is 6.36. The Balaban J connectivity index is 2.87. The van der Waals surface area contributed by atoms with E-state index in [4.69, 9.17) is 5.11 Å². The molecule has 80 valence electrons. The van der Waals surface area contributed by atoms with E-state index in [1.807, 2.05) is 19.9 Å². The molecule has 1 rings (SSSR count). The van der Waals surface area contributed by atoms with Crippen molar-refractivity contribution in [1.29, 1.82) is 0 Å². The zero-order valence-corrected chi connectivity index (χ0v) is 8.70. The van der Waals surface area contributed by atoms with Crippen LogP contribution in [0.15, 0.2) is 18.2 Å². The number of carboxylic acid groups (broad SMARTS) is 1. The molecule has 1 aromatic carbocycles. The van der Waals surface area contributed by atoms with Crippen LogP contribution in [0, 0.1) is 6.92 Å². The molecule has 15 heavy (non-hydrogen) atoms. The summed E-state index contributed by atoms with van der Waals surface area (Å²) in [5.74, 6) is -2.49. The Labute approximate surface area is 87.9 Å². The summed E-state index contributed by atoms with van der Waals surface area (Å²) in [6.07, 6.45) is 0.850. The van der Waals surface area contributed by atoms with Crippen molar-refractivity contribution in [2.75, 3.05) is 5.32 Å². The van der Waals surface area contributed by atoms with E-state index in [0.717, 1.165) is 17.5 Å². The summed E-state index contributed by atoms with van der Waals surface area (Å²) in [5.41, 5.74) is 2.74. The van der Waals surface area contributed by atoms with Gasteiger partial charge in [-0.2, -0.15) is 0 Å². The number of rotatable bonds is 2. The fourth-order valence-electron chi connectivity index (χ4n) is 1.31. The molecule has 2 N–H and O–H groups in total. The maximum Gasteiger partial charge on any atom is 0.394 e. The number of nitrogens with one attached hydrogen (secondary N) is 1. The fraction of sp³-hybridized carbons (Fsp3) is 0.273. The van der Waals surface area contributed by atoms with Crippen LogP contribution in [-0.4, -0.2) is 17.0 Å². The van der Waals surface area contributed by atoms with Crippen LogP contribution in [0.25, 0.3) is 0 Å². The van der Waals surface area contributed by atoms with Crippen LogP contribution in [0.4, 0.5) is 5.69 Å². The summed E-state index contributed by atoms with van der Waals surface area (Å²) in [4.78, 5) is 21.2. The summed E-state index contributed by atoms with van der Waals surface area (Å²) in [7, 11) is 0. The summed E-state index contributed by atoms with van der Waals surface area (Å²) in [6.45, 7) is 3.98. The van der Waals surface area contributed by atoms with Gasteiger partial charge in [-0.05, 0) is 36.6 Å². The van der Waals surface area contributed by atoms with Gasteiger partial charge in [0.1, 0.15) is 0 Å². The average Bonchev–Trinajstić information content (AvgIpc) is 2.20. The summed E-state index contributed by atoms with van der Waals surface area (Å²) in [6, 6.07) is 5.34. The maximum atomic E-state index is 10.9. The van der Waals surface area contributed by atoms with Gasteiger partial charge in [0.2, 0.25) is 0 Å². The van der Waals surface area contributed by atoms with E-state index in [0.29, 0.717) is 5.69 Å². The van der Waals surface area contributed by atoms with Gasteiger partial charge in [-0.1, -0.05) is 13.0 Å². The predicted octanol–water partition coefficient (Wildman–Crippen LogP) is 1.58. The summed E-state index contributed by atoms with van der Waals surface area (Å²) >= 11 is 0. The van der Waals surface area contributed by atoms with Gasteiger partial charge in [0.15, 0.2) is 0 Å². The van der Waals surface area contributed by atoms with E-state index in [2.05, 4.69) is 5.32 Å². The second kappa shape index (κ2) is 4.59. The van der Waals surface area contributed by atoms with Gasteiger partial charge in [-0.15, -0.1) is 0 Å². The Morgan fingerprint density at radius 2 is 2.07 bits per heavy atom. The lowest BCUT2D eigenvalue weighted by Gasteiger charge is -2.07. The van der Waals surface area contributed by atoms with Crippen molar-refractivity contribution >= 4 is 17.6 Å². The molecule has 0 unspecified atom stereocenters. The summed E-state index contributed by atoms with van der Waals surface area (Å²) in [5, 5.41) is 10.7. The molecule has 0 aromatic heterocycles. The minimum atomic E-state index is -1.48. The molecule has 0 fully saturated rings. The zero-order valence-electron chi connectivity index (χ0n) is 8.70. The van der Waals surface area contributed by atoms with Gasteiger partial charge in [0.05, 0.1) is 0 Å². The van der Waals surface area contributed by atoms with Gasteiger partial charge in [-0.25, -0.2) is 4.79 Å². The number of aliphatic carboxylic acids is 1. The van der Waals surface area contributed by atoms with E-state index < -0.39 is 11.9 Å². The summed E-state index contributed by atoms with van der Waals surface area (Å²) < 4.78 is 0. The van der Waals surface area contributed by atoms with Crippen LogP contribution in [0.5, 0.6) is 0 Å². The number of carboxylic acids is 1. The van der Waals surface area contributed by atoms with Crippen LogP contribution in [0.1, 0.15) is 18.1 Å². The number of hydrogen-bond acceptors (Lipinski definition) is 2. The quantitative estimate of drug-likeness (QED) is 0.723. The molecule has 1 aromatic rings. The van der Waals surface area contributed by atoms with Gasteiger partial charge in [0, 0.05) is 5.69 Å². The smallest absolute Gasteiger partial charge is 0.394 e. The minimum absolute atomic E-state index is 0.518. The van der Waals surface area contributed by atoms with E-state index >= 15 is 0 Å². The predicted molar refractivity (Wildman–Crippen MR) is 56.8 cm³/mol. The van der Waals surface area contributed by atoms with Gasteiger partial charge < -0.3 is 10.4 Å². The fourth-order valence-corrected chi connectivity index (χ4v) is 1.31. The maximum absolute atomic E-state index is 10.9. The first-order chi connectivity index (χ1) is 7.04. The van der Waals surface area contributed by atoms with Crippen LogP contribution < -0.4 is 5.32 Å². The van der Waals surface area contributed by atoms with Gasteiger partial charge in [0.25, 0.3) is 0 Å². The zero-order chi connectivity index (χ0) is 11.4. The third-order valence-corrected chi connectivity index (χ3v) is 2.18. The largest absolute Gasteiger partial charge is 0.474 e. The van der Waals surface area contributed by atoms with E-state index in [1.165, 1.54) is 0 Å². The minimum Gasteiger partial charge on any atom is -0.474 e. The molecule has 0 aliphatic rings. The van der Waals surface area contributed by atoms with Crippen molar-refractivity contribution in [2.24, 2.45) is 0 Å². The van der Waals surface area contributed by atoms with Crippen molar-refractivity contribution in [2.45, 2.75) is 20.3 Å². The second-order valence-electron chi connectivity index (χ2n) is 3.25. The SMILES string of the molecule is CCc1cc(NC(=O)C(=O)O)ccc1C. The molecule has 0 saturated heterocycles. The second-order valence-corrected chi connectivity index (χ2v) is 3.25. The molecule has 4 heteroatoms. The third-order valence-electron chi connectivity index (χ3n) is 2.18. The number of carbonyl (C=O) groups excluding carboxylic acids is 1. The number of benzene rings is 1. The van der Waals surface area contributed by atoms with E-state index in [9.17, 15) is 9.59 Å². The van der Waals surface area contributed by atoms with Crippen molar-refractivity contribution in [3.63, 3.8) is 0 Å². The Hall–Kier alpha value is -1.84. The molecule has 0 heterocycles. The number of hydrogen-bond donors (Lipinski definition) is 2. The van der Waals surface area contributed by atoms with Crippen LogP contribution in [0.3, 0.4) is 0 Å². The Kier molecular flexibility index (Phi) is 3.44. The standard InChI is InChI=1S/C11H13NO3/c1-3-8-6-9(5-4-7(8)2)12-10(13)11(14)15/h4-6H,3H2,1-2H3,(H,12,13)(H,14,15). The van der Waals surface area contributed by atoms with Crippen molar-refractivity contribution in [3.8, 4) is 0 Å². The first-order valence-corrected chi connectivity index (χ1v) is 4.68. The average molecular weight is 207 g/mol. The number of carbonyl (C=O) groups is 2.